The monoisotopic (exact) mass is 441 g/mol. The second-order valence-corrected chi connectivity index (χ2v) is 7.63. The van der Waals surface area contributed by atoms with Gasteiger partial charge in [-0.2, -0.15) is 13.5 Å². The fourth-order valence-corrected chi connectivity index (χ4v) is 3.22. The minimum Gasteiger partial charge on any atom is -0.503 e. The molecule has 0 fully saturated rings. The average Bonchev–Trinajstić information content (AvgIpc) is 2.57. The number of nitrogens with zero attached hydrogens (tertiary/aromatic N) is 1. The zero-order valence-electron chi connectivity index (χ0n) is 13.9. The maximum Gasteiger partial charge on any atom is 0.276 e. The van der Waals surface area contributed by atoms with Crippen LogP contribution in [0.2, 0.25) is 0 Å². The summed E-state index contributed by atoms with van der Waals surface area (Å²) < 4.78 is 29.8. The van der Waals surface area contributed by atoms with Gasteiger partial charge in [0.25, 0.3) is 10.0 Å². The number of carbonyl (C=O) groups is 1. The number of amides is 1. The summed E-state index contributed by atoms with van der Waals surface area (Å²) in [6.07, 6.45) is 1.27. The van der Waals surface area contributed by atoms with Crippen LogP contribution >= 0.6 is 15.9 Å². The maximum atomic E-state index is 12.2. The van der Waals surface area contributed by atoms with Crippen molar-refractivity contribution in [1.82, 2.24) is 4.83 Å². The van der Waals surface area contributed by atoms with Gasteiger partial charge in [-0.3, -0.25) is 4.79 Å². The van der Waals surface area contributed by atoms with Gasteiger partial charge >= 0.3 is 0 Å². The van der Waals surface area contributed by atoms with Crippen molar-refractivity contribution in [3.05, 3.63) is 46.4 Å². The molecule has 0 saturated carbocycles. The number of phenolic OH excluding ortho intramolecular Hbond substituents is 1. The minimum absolute atomic E-state index is 0.00628. The second kappa shape index (κ2) is 8.19. The highest BCUT2D eigenvalue weighted by molar-refractivity contribution is 9.10. The first kappa shape index (κ1) is 19.7. The van der Waals surface area contributed by atoms with E-state index in [4.69, 9.17) is 4.74 Å². The molecule has 0 aliphatic rings. The van der Waals surface area contributed by atoms with Crippen molar-refractivity contribution < 1.29 is 23.1 Å². The van der Waals surface area contributed by atoms with Crippen LogP contribution < -0.4 is 14.9 Å². The number of benzene rings is 2. The molecule has 0 atom stereocenters. The third-order valence-electron chi connectivity index (χ3n) is 3.14. The van der Waals surface area contributed by atoms with E-state index in [-0.39, 0.29) is 22.3 Å². The molecule has 0 aromatic heterocycles. The van der Waals surface area contributed by atoms with E-state index in [1.54, 1.807) is 6.07 Å². The van der Waals surface area contributed by atoms with E-state index in [2.05, 4.69) is 31.2 Å². The maximum absolute atomic E-state index is 12.2. The smallest absolute Gasteiger partial charge is 0.276 e. The van der Waals surface area contributed by atoms with Crippen LogP contribution in [0.25, 0.3) is 0 Å². The Bertz CT molecular complexity index is 943. The van der Waals surface area contributed by atoms with E-state index in [0.717, 1.165) is 0 Å². The minimum atomic E-state index is -3.86. The van der Waals surface area contributed by atoms with Gasteiger partial charge in [-0.25, -0.2) is 4.83 Å². The SMILES string of the molecule is COc1cc(/C=N/NS(=O)(=O)c2ccc(NC(C)=O)cc2)cc(Br)c1O. The van der Waals surface area contributed by atoms with Gasteiger partial charge in [-0.05, 0) is 57.9 Å². The van der Waals surface area contributed by atoms with Gasteiger partial charge in [0.2, 0.25) is 5.91 Å². The molecule has 0 radical (unpaired) electrons. The van der Waals surface area contributed by atoms with E-state index in [1.165, 1.54) is 50.6 Å². The molecule has 2 aromatic carbocycles. The molecule has 138 valence electrons. The average molecular weight is 442 g/mol. The number of hydrogen-bond donors (Lipinski definition) is 3. The number of anilines is 1. The van der Waals surface area contributed by atoms with Crippen LogP contribution in [0.5, 0.6) is 11.5 Å². The molecule has 0 aliphatic carbocycles. The second-order valence-electron chi connectivity index (χ2n) is 5.11. The number of hydrazone groups is 1. The van der Waals surface area contributed by atoms with Gasteiger partial charge in [0, 0.05) is 12.6 Å². The summed E-state index contributed by atoms with van der Waals surface area (Å²) in [5.74, 6) is -0.0967. The number of nitrogens with one attached hydrogen (secondary N) is 2. The number of rotatable bonds is 6. The van der Waals surface area contributed by atoms with Crippen molar-refractivity contribution in [1.29, 1.82) is 0 Å². The Morgan fingerprint density at radius 3 is 2.50 bits per heavy atom. The van der Waals surface area contributed by atoms with E-state index < -0.39 is 10.0 Å². The Kier molecular flexibility index (Phi) is 6.22. The Labute approximate surface area is 159 Å². The number of hydrogen-bond acceptors (Lipinski definition) is 6. The van der Waals surface area contributed by atoms with Crippen molar-refractivity contribution in [2.24, 2.45) is 5.10 Å². The third-order valence-corrected chi connectivity index (χ3v) is 4.99. The topological polar surface area (TPSA) is 117 Å². The van der Waals surface area contributed by atoms with Gasteiger partial charge in [0.1, 0.15) is 0 Å². The molecule has 26 heavy (non-hydrogen) atoms. The molecule has 10 heteroatoms. The number of halogens is 1. The number of carbonyl (C=O) groups excluding carboxylic acids is 1. The Balaban J connectivity index is 2.13. The predicted octanol–water partition coefficient (Wildman–Crippen LogP) is 2.43. The Morgan fingerprint density at radius 1 is 1.27 bits per heavy atom. The number of ether oxygens (including phenoxy) is 1. The first-order valence-electron chi connectivity index (χ1n) is 7.22. The van der Waals surface area contributed by atoms with Gasteiger partial charge in [0.05, 0.1) is 22.7 Å². The molecular formula is C16H16BrN3O5S. The molecule has 0 heterocycles. The molecule has 8 nitrogen and oxygen atoms in total. The highest BCUT2D eigenvalue weighted by atomic mass is 79.9. The number of phenols is 1. The van der Waals surface area contributed by atoms with Crippen molar-refractivity contribution >= 4 is 43.8 Å². The molecule has 0 saturated heterocycles. The van der Waals surface area contributed by atoms with Gasteiger partial charge in [-0.1, -0.05) is 0 Å². The lowest BCUT2D eigenvalue weighted by Gasteiger charge is -2.07. The zero-order chi connectivity index (χ0) is 19.3. The summed E-state index contributed by atoms with van der Waals surface area (Å²) in [6.45, 7) is 1.36. The number of methoxy groups -OCH3 is 1. The lowest BCUT2D eigenvalue weighted by molar-refractivity contribution is -0.114. The standard InChI is InChI=1S/C16H16BrN3O5S/c1-10(21)19-12-3-5-13(6-4-12)26(23,24)20-18-9-11-7-14(17)16(22)15(8-11)25-2/h3-9,20,22H,1-2H3,(H,19,21)/b18-9+. The number of aromatic hydroxyl groups is 1. The van der Waals surface area contributed by atoms with Gasteiger partial charge in [0.15, 0.2) is 11.5 Å². The molecule has 0 spiro atoms. The first-order valence-corrected chi connectivity index (χ1v) is 9.49. The first-order chi connectivity index (χ1) is 12.2. The van der Waals surface area contributed by atoms with E-state index in [1.807, 2.05) is 0 Å². The summed E-state index contributed by atoms with van der Waals surface area (Å²) in [4.78, 5) is 13.1. The molecule has 2 aromatic rings. The zero-order valence-corrected chi connectivity index (χ0v) is 16.3. The highest BCUT2D eigenvalue weighted by Gasteiger charge is 2.13. The van der Waals surface area contributed by atoms with Crippen LogP contribution in [0.4, 0.5) is 5.69 Å². The Hall–Kier alpha value is -2.59. The van der Waals surface area contributed by atoms with Crippen LogP contribution in [0.1, 0.15) is 12.5 Å². The predicted molar refractivity (Wildman–Crippen MR) is 101 cm³/mol. The lowest BCUT2D eigenvalue weighted by Crippen LogP contribution is -2.18. The number of sulfonamides is 1. The van der Waals surface area contributed by atoms with Gasteiger partial charge < -0.3 is 15.2 Å². The summed E-state index contributed by atoms with van der Waals surface area (Å²) in [5.41, 5.74) is 0.997. The summed E-state index contributed by atoms with van der Waals surface area (Å²) in [6, 6.07) is 8.70. The molecular weight excluding hydrogens is 426 g/mol. The summed E-state index contributed by atoms with van der Waals surface area (Å²) in [7, 11) is -2.46. The van der Waals surface area contributed by atoms with E-state index in [9.17, 15) is 18.3 Å². The normalized spacial score (nSPS) is 11.3. The summed E-state index contributed by atoms with van der Waals surface area (Å²) in [5, 5.41) is 16.0. The van der Waals surface area contributed by atoms with Gasteiger partial charge in [-0.15, -0.1) is 0 Å². The molecule has 2 rings (SSSR count). The van der Waals surface area contributed by atoms with Crippen molar-refractivity contribution in [3.63, 3.8) is 0 Å². The van der Waals surface area contributed by atoms with Crippen molar-refractivity contribution in [2.45, 2.75) is 11.8 Å². The fourth-order valence-electron chi connectivity index (χ4n) is 1.97. The molecule has 1 amide bonds. The van der Waals surface area contributed by atoms with Crippen LogP contribution in [-0.2, 0) is 14.8 Å². The highest BCUT2D eigenvalue weighted by Crippen LogP contribution is 2.34. The largest absolute Gasteiger partial charge is 0.503 e. The van der Waals surface area contributed by atoms with Crippen LogP contribution in [0, 0.1) is 0 Å². The summed E-state index contributed by atoms with van der Waals surface area (Å²) >= 11 is 3.17. The molecule has 0 bridgehead atoms. The Morgan fingerprint density at radius 2 is 1.92 bits per heavy atom. The fraction of sp³-hybridized carbons (Fsp3) is 0.125. The van der Waals surface area contributed by atoms with Crippen LogP contribution in [-0.4, -0.2) is 32.8 Å². The lowest BCUT2D eigenvalue weighted by atomic mass is 10.2. The van der Waals surface area contributed by atoms with E-state index >= 15 is 0 Å². The van der Waals surface area contributed by atoms with E-state index in [0.29, 0.717) is 15.7 Å². The van der Waals surface area contributed by atoms with Crippen LogP contribution in [0.15, 0.2) is 50.9 Å². The quantitative estimate of drug-likeness (QED) is 0.469. The van der Waals surface area contributed by atoms with Crippen molar-refractivity contribution in [3.8, 4) is 11.5 Å². The molecule has 0 aliphatic heterocycles. The van der Waals surface area contributed by atoms with Crippen molar-refractivity contribution in [2.75, 3.05) is 12.4 Å². The third kappa shape index (κ3) is 4.96. The van der Waals surface area contributed by atoms with Crippen LogP contribution in [0.3, 0.4) is 0 Å². The molecule has 3 N–H and O–H groups in total. The molecule has 0 unspecified atom stereocenters.